The van der Waals surface area contributed by atoms with E-state index in [1.54, 1.807) is 13.4 Å². The highest BCUT2D eigenvalue weighted by atomic mass is 16.5. The van der Waals surface area contributed by atoms with E-state index < -0.39 is 0 Å². The van der Waals surface area contributed by atoms with Gasteiger partial charge < -0.3 is 9.64 Å². The smallest absolute Gasteiger partial charge is 0.135 e. The molecule has 2 heterocycles. The third-order valence-electron chi connectivity index (χ3n) is 3.10. The fourth-order valence-corrected chi connectivity index (χ4v) is 2.18. The zero-order valence-electron chi connectivity index (χ0n) is 10.1. The Morgan fingerprint density at radius 1 is 1.25 bits per heavy atom. The molecular formula is C12H19N3O. The van der Waals surface area contributed by atoms with Crippen molar-refractivity contribution >= 4 is 5.82 Å². The summed E-state index contributed by atoms with van der Waals surface area (Å²) in [6.45, 7) is 4.88. The molecule has 0 radical (unpaired) electrons. The van der Waals surface area contributed by atoms with Gasteiger partial charge in [-0.15, -0.1) is 0 Å². The molecule has 88 valence electrons. The summed E-state index contributed by atoms with van der Waals surface area (Å²) in [5.74, 6) is 1.08. The van der Waals surface area contributed by atoms with Crippen LogP contribution in [0.3, 0.4) is 0 Å². The number of rotatable bonds is 3. The molecule has 0 atom stereocenters. The lowest BCUT2D eigenvalue weighted by Gasteiger charge is -2.29. The molecule has 0 aliphatic carbocycles. The van der Waals surface area contributed by atoms with Gasteiger partial charge in [0.15, 0.2) is 0 Å². The number of ether oxygens (including phenoxy) is 1. The zero-order valence-corrected chi connectivity index (χ0v) is 10.1. The summed E-state index contributed by atoms with van der Waals surface area (Å²) in [7, 11) is 1.70. The molecule has 4 heteroatoms. The van der Waals surface area contributed by atoms with Gasteiger partial charge in [0.25, 0.3) is 0 Å². The minimum atomic E-state index is 0.565. The van der Waals surface area contributed by atoms with E-state index in [0.29, 0.717) is 6.61 Å². The van der Waals surface area contributed by atoms with Crippen LogP contribution in [0.2, 0.25) is 0 Å². The molecule has 0 saturated carbocycles. The number of aromatic nitrogens is 2. The number of piperidine rings is 1. The average molecular weight is 221 g/mol. The van der Waals surface area contributed by atoms with Crippen molar-refractivity contribution in [3.63, 3.8) is 0 Å². The molecule has 4 nitrogen and oxygen atoms in total. The van der Waals surface area contributed by atoms with Crippen molar-refractivity contribution in [1.82, 2.24) is 9.97 Å². The first kappa shape index (κ1) is 11.3. The minimum absolute atomic E-state index is 0.565. The molecule has 1 saturated heterocycles. The lowest BCUT2D eigenvalue weighted by Crippen LogP contribution is -2.31. The van der Waals surface area contributed by atoms with Crippen LogP contribution < -0.4 is 4.90 Å². The molecule has 1 aliphatic heterocycles. The Kier molecular flexibility index (Phi) is 3.72. The molecule has 0 spiro atoms. The van der Waals surface area contributed by atoms with Crippen LogP contribution in [0.15, 0.2) is 6.33 Å². The van der Waals surface area contributed by atoms with Crippen molar-refractivity contribution < 1.29 is 4.74 Å². The van der Waals surface area contributed by atoms with E-state index in [4.69, 9.17) is 4.74 Å². The zero-order chi connectivity index (χ0) is 11.4. The summed E-state index contributed by atoms with van der Waals surface area (Å²) in [6, 6.07) is 0. The molecule has 16 heavy (non-hydrogen) atoms. The fraction of sp³-hybridized carbons (Fsp3) is 0.667. The third kappa shape index (κ3) is 2.32. The van der Waals surface area contributed by atoms with Gasteiger partial charge in [-0.05, 0) is 26.2 Å². The van der Waals surface area contributed by atoms with Gasteiger partial charge in [-0.2, -0.15) is 0 Å². The van der Waals surface area contributed by atoms with Crippen LogP contribution in [0.1, 0.15) is 30.5 Å². The number of anilines is 1. The quantitative estimate of drug-likeness (QED) is 0.781. The van der Waals surface area contributed by atoms with Crippen molar-refractivity contribution in [1.29, 1.82) is 0 Å². The van der Waals surface area contributed by atoms with Gasteiger partial charge in [-0.1, -0.05) is 0 Å². The van der Waals surface area contributed by atoms with Crippen molar-refractivity contribution in [3.8, 4) is 0 Å². The van der Waals surface area contributed by atoms with Gasteiger partial charge in [0.1, 0.15) is 12.1 Å². The third-order valence-corrected chi connectivity index (χ3v) is 3.10. The Hall–Kier alpha value is -1.16. The van der Waals surface area contributed by atoms with Crippen LogP contribution in [-0.2, 0) is 11.3 Å². The van der Waals surface area contributed by atoms with Gasteiger partial charge in [0.2, 0.25) is 0 Å². The maximum atomic E-state index is 5.14. The molecule has 1 aliphatic rings. The second-order valence-electron chi connectivity index (χ2n) is 4.25. The lowest BCUT2D eigenvalue weighted by atomic mass is 10.1. The highest BCUT2D eigenvalue weighted by Gasteiger charge is 2.16. The van der Waals surface area contributed by atoms with E-state index in [2.05, 4.69) is 21.8 Å². The van der Waals surface area contributed by atoms with Crippen LogP contribution in [0.5, 0.6) is 0 Å². The summed E-state index contributed by atoms with van der Waals surface area (Å²) in [6.07, 6.45) is 5.52. The summed E-state index contributed by atoms with van der Waals surface area (Å²) in [5, 5.41) is 0. The van der Waals surface area contributed by atoms with Crippen LogP contribution >= 0.6 is 0 Å². The normalized spacial score (nSPS) is 16.5. The molecule has 1 aromatic rings. The van der Waals surface area contributed by atoms with Crippen LogP contribution in [0.4, 0.5) is 5.82 Å². The number of methoxy groups -OCH3 is 1. The Morgan fingerprint density at radius 2 is 2.00 bits per heavy atom. The van der Waals surface area contributed by atoms with E-state index in [1.165, 1.54) is 19.3 Å². The van der Waals surface area contributed by atoms with Crippen molar-refractivity contribution in [3.05, 3.63) is 17.6 Å². The van der Waals surface area contributed by atoms with E-state index in [-0.39, 0.29) is 0 Å². The molecule has 0 bridgehead atoms. The fourth-order valence-electron chi connectivity index (χ4n) is 2.18. The van der Waals surface area contributed by atoms with E-state index in [1.807, 2.05) is 0 Å². The van der Waals surface area contributed by atoms with Gasteiger partial charge in [0.05, 0.1) is 12.3 Å². The second-order valence-corrected chi connectivity index (χ2v) is 4.25. The van der Waals surface area contributed by atoms with Crippen molar-refractivity contribution in [2.45, 2.75) is 32.8 Å². The molecule has 1 aromatic heterocycles. The van der Waals surface area contributed by atoms with E-state index >= 15 is 0 Å². The number of hydrogen-bond acceptors (Lipinski definition) is 4. The van der Waals surface area contributed by atoms with E-state index in [9.17, 15) is 0 Å². The first-order valence-corrected chi connectivity index (χ1v) is 5.87. The first-order valence-electron chi connectivity index (χ1n) is 5.87. The number of nitrogens with zero attached hydrogens (tertiary/aromatic N) is 3. The Balaban J connectivity index is 2.22. The summed E-state index contributed by atoms with van der Waals surface area (Å²) >= 11 is 0. The Bertz CT molecular complexity index is 348. The lowest BCUT2D eigenvalue weighted by molar-refractivity contribution is 0.181. The number of hydrogen-bond donors (Lipinski definition) is 0. The first-order chi connectivity index (χ1) is 7.83. The summed E-state index contributed by atoms with van der Waals surface area (Å²) < 4.78 is 5.14. The van der Waals surface area contributed by atoms with Crippen molar-refractivity contribution in [2.75, 3.05) is 25.1 Å². The van der Waals surface area contributed by atoms with E-state index in [0.717, 1.165) is 30.2 Å². The molecule has 0 aromatic carbocycles. The molecule has 2 rings (SSSR count). The molecule has 0 unspecified atom stereocenters. The SMILES string of the molecule is COCc1ncnc(N2CCCCC2)c1C. The topological polar surface area (TPSA) is 38.3 Å². The predicted octanol–water partition coefficient (Wildman–Crippen LogP) is 1.92. The van der Waals surface area contributed by atoms with Crippen molar-refractivity contribution in [2.24, 2.45) is 0 Å². The van der Waals surface area contributed by atoms with Gasteiger partial charge in [0, 0.05) is 25.8 Å². The maximum absolute atomic E-state index is 5.14. The standard InChI is InChI=1S/C12H19N3O/c1-10-11(8-16-2)13-9-14-12(10)15-6-4-3-5-7-15/h9H,3-8H2,1-2H3. The minimum Gasteiger partial charge on any atom is -0.378 e. The maximum Gasteiger partial charge on any atom is 0.135 e. The Labute approximate surface area is 96.7 Å². The van der Waals surface area contributed by atoms with Crippen LogP contribution in [-0.4, -0.2) is 30.2 Å². The molecule has 0 amide bonds. The van der Waals surface area contributed by atoms with Crippen LogP contribution in [0, 0.1) is 6.92 Å². The monoisotopic (exact) mass is 221 g/mol. The molecular weight excluding hydrogens is 202 g/mol. The van der Waals surface area contributed by atoms with Gasteiger partial charge in [-0.3, -0.25) is 0 Å². The largest absolute Gasteiger partial charge is 0.378 e. The van der Waals surface area contributed by atoms with Gasteiger partial charge in [-0.25, -0.2) is 9.97 Å². The van der Waals surface area contributed by atoms with Gasteiger partial charge >= 0.3 is 0 Å². The van der Waals surface area contributed by atoms with Crippen LogP contribution in [0.25, 0.3) is 0 Å². The second kappa shape index (κ2) is 5.25. The summed E-state index contributed by atoms with van der Waals surface area (Å²) in [4.78, 5) is 11.0. The predicted molar refractivity (Wildman–Crippen MR) is 63.5 cm³/mol. The average Bonchev–Trinajstić information content (AvgIpc) is 2.33. The summed E-state index contributed by atoms with van der Waals surface area (Å²) in [5.41, 5.74) is 2.16. The highest BCUT2D eigenvalue weighted by molar-refractivity contribution is 5.47. The highest BCUT2D eigenvalue weighted by Crippen LogP contribution is 2.22. The Morgan fingerprint density at radius 3 is 2.69 bits per heavy atom. The molecule has 1 fully saturated rings. The molecule has 0 N–H and O–H groups in total.